The van der Waals surface area contributed by atoms with Crippen LogP contribution >= 0.6 is 0 Å². The highest BCUT2D eigenvalue weighted by Gasteiger charge is 2.08. The number of aryl methyl sites for hydroxylation is 2. The van der Waals surface area contributed by atoms with Crippen LogP contribution in [0.25, 0.3) is 0 Å². The van der Waals surface area contributed by atoms with Gasteiger partial charge in [-0.2, -0.15) is 0 Å². The van der Waals surface area contributed by atoms with Gasteiger partial charge in [0.05, 0.1) is 0 Å². The third-order valence-corrected chi connectivity index (χ3v) is 3.97. The lowest BCUT2D eigenvalue weighted by Gasteiger charge is -2.19. The zero-order valence-corrected chi connectivity index (χ0v) is 12.7. The second-order valence-electron chi connectivity index (χ2n) is 5.24. The predicted octanol–water partition coefficient (Wildman–Crippen LogP) is 2.67. The number of benzene rings is 1. The van der Waals surface area contributed by atoms with Gasteiger partial charge in [0.25, 0.3) is 0 Å². The maximum atomic E-state index is 11.1. The molecule has 0 radical (unpaired) electrons. The van der Waals surface area contributed by atoms with E-state index in [9.17, 15) is 4.21 Å². The van der Waals surface area contributed by atoms with Crippen molar-refractivity contribution in [3.05, 3.63) is 35.4 Å². The van der Waals surface area contributed by atoms with Crippen molar-refractivity contribution < 1.29 is 4.21 Å². The molecule has 2 nitrogen and oxygen atoms in total. The van der Waals surface area contributed by atoms with Crippen LogP contribution in [0.1, 0.15) is 31.4 Å². The predicted molar refractivity (Wildman–Crippen MR) is 80.5 cm³/mol. The van der Waals surface area contributed by atoms with Crippen LogP contribution in [0.3, 0.4) is 0 Å². The molecule has 3 unspecified atom stereocenters. The fraction of sp³-hybridized carbons (Fsp3) is 0.600. The van der Waals surface area contributed by atoms with Crippen LogP contribution in [0.4, 0.5) is 0 Å². The van der Waals surface area contributed by atoms with Gasteiger partial charge in [0.1, 0.15) is 0 Å². The number of nitrogens with one attached hydrogen (secondary N) is 1. The molecular formula is C15H25NOS. The van der Waals surface area contributed by atoms with Crippen LogP contribution in [0.5, 0.6) is 0 Å². The largest absolute Gasteiger partial charge is 0.311 e. The second-order valence-corrected chi connectivity index (χ2v) is 6.72. The zero-order valence-electron chi connectivity index (χ0n) is 11.9. The van der Waals surface area contributed by atoms with Crippen LogP contribution in [0.2, 0.25) is 0 Å². The van der Waals surface area contributed by atoms with Crippen molar-refractivity contribution in [1.82, 2.24) is 5.32 Å². The smallest absolute Gasteiger partial charge is 0.0383 e. The number of hydrogen-bond acceptors (Lipinski definition) is 2. The number of rotatable bonds is 7. The maximum absolute atomic E-state index is 11.1. The Morgan fingerprint density at radius 2 is 2.00 bits per heavy atom. The summed E-state index contributed by atoms with van der Waals surface area (Å²) in [5.41, 5.74) is 2.72. The van der Waals surface area contributed by atoms with Crippen molar-refractivity contribution in [3.63, 3.8) is 0 Å². The summed E-state index contributed by atoms with van der Waals surface area (Å²) in [6.07, 6.45) is 3.97. The summed E-state index contributed by atoms with van der Waals surface area (Å²) in [7, 11) is -0.718. The lowest BCUT2D eigenvalue weighted by molar-refractivity contribution is 0.467. The van der Waals surface area contributed by atoms with Gasteiger partial charge in [0.2, 0.25) is 0 Å². The second kappa shape index (κ2) is 7.70. The van der Waals surface area contributed by atoms with Gasteiger partial charge in [-0.3, -0.25) is 4.21 Å². The average molecular weight is 267 g/mol. The van der Waals surface area contributed by atoms with Gasteiger partial charge in [-0.1, -0.05) is 29.8 Å². The van der Waals surface area contributed by atoms with Crippen molar-refractivity contribution in [2.45, 2.75) is 45.7 Å². The van der Waals surface area contributed by atoms with E-state index in [0.29, 0.717) is 12.1 Å². The molecule has 1 N–H and O–H groups in total. The van der Waals surface area contributed by atoms with Crippen molar-refractivity contribution in [3.8, 4) is 0 Å². The molecule has 3 heteroatoms. The fourth-order valence-electron chi connectivity index (χ4n) is 2.22. The Hall–Kier alpha value is -0.670. The highest BCUT2D eigenvalue weighted by atomic mass is 32.2. The summed E-state index contributed by atoms with van der Waals surface area (Å²) in [4.78, 5) is 0. The highest BCUT2D eigenvalue weighted by molar-refractivity contribution is 7.84. The monoisotopic (exact) mass is 267 g/mol. The molecule has 102 valence electrons. The minimum Gasteiger partial charge on any atom is -0.311 e. The molecule has 0 bridgehead atoms. The average Bonchev–Trinajstić information content (AvgIpc) is 2.25. The van der Waals surface area contributed by atoms with E-state index in [2.05, 4.69) is 50.4 Å². The van der Waals surface area contributed by atoms with Gasteiger partial charge in [-0.25, -0.2) is 0 Å². The van der Waals surface area contributed by atoms with Gasteiger partial charge in [0, 0.05) is 34.9 Å². The van der Waals surface area contributed by atoms with E-state index in [4.69, 9.17) is 0 Å². The van der Waals surface area contributed by atoms with E-state index < -0.39 is 10.8 Å². The molecule has 1 aromatic carbocycles. The molecule has 18 heavy (non-hydrogen) atoms. The van der Waals surface area contributed by atoms with Crippen LogP contribution in [0, 0.1) is 6.92 Å². The van der Waals surface area contributed by atoms with Crippen LogP contribution in [-0.4, -0.2) is 28.3 Å². The molecule has 1 aromatic rings. The highest BCUT2D eigenvalue weighted by Crippen LogP contribution is 2.08. The van der Waals surface area contributed by atoms with E-state index in [1.54, 1.807) is 6.26 Å². The SMILES string of the molecule is Cc1cccc(CCC(C)NC(C)CS(C)=O)c1. The molecule has 0 aromatic heterocycles. The van der Waals surface area contributed by atoms with Crippen molar-refractivity contribution >= 4 is 10.8 Å². The maximum Gasteiger partial charge on any atom is 0.0383 e. The fourth-order valence-corrected chi connectivity index (χ4v) is 3.02. The molecule has 0 fully saturated rings. The molecule has 3 atom stereocenters. The van der Waals surface area contributed by atoms with Gasteiger partial charge in [-0.05, 0) is 39.2 Å². The van der Waals surface area contributed by atoms with Crippen molar-refractivity contribution in [2.75, 3.05) is 12.0 Å². The Bertz CT molecular complexity index is 392. The molecule has 0 spiro atoms. The van der Waals surface area contributed by atoms with Crippen LogP contribution in [0.15, 0.2) is 24.3 Å². The summed E-state index contributed by atoms with van der Waals surface area (Å²) in [6, 6.07) is 9.46. The van der Waals surface area contributed by atoms with Gasteiger partial charge in [-0.15, -0.1) is 0 Å². The summed E-state index contributed by atoms with van der Waals surface area (Å²) < 4.78 is 11.1. The molecule has 0 aliphatic heterocycles. The van der Waals surface area contributed by atoms with E-state index in [1.807, 2.05) is 0 Å². The summed E-state index contributed by atoms with van der Waals surface area (Å²) >= 11 is 0. The lowest BCUT2D eigenvalue weighted by Crippen LogP contribution is -2.38. The van der Waals surface area contributed by atoms with Crippen LogP contribution < -0.4 is 5.32 Å². The molecule has 0 saturated heterocycles. The number of hydrogen-bond donors (Lipinski definition) is 1. The van der Waals surface area contributed by atoms with Gasteiger partial charge in [0.15, 0.2) is 0 Å². The molecule has 0 heterocycles. The first-order valence-corrected chi connectivity index (χ1v) is 8.31. The van der Waals surface area contributed by atoms with Gasteiger partial charge >= 0.3 is 0 Å². The summed E-state index contributed by atoms with van der Waals surface area (Å²) in [6.45, 7) is 6.43. The topological polar surface area (TPSA) is 29.1 Å². The van der Waals surface area contributed by atoms with E-state index >= 15 is 0 Å². The van der Waals surface area contributed by atoms with Crippen molar-refractivity contribution in [1.29, 1.82) is 0 Å². The Labute approximate surface area is 114 Å². The molecule has 0 amide bonds. The third kappa shape index (κ3) is 6.31. The normalized spacial score (nSPS) is 16.2. The first kappa shape index (κ1) is 15.4. The summed E-state index contributed by atoms with van der Waals surface area (Å²) in [5.74, 6) is 0.731. The zero-order chi connectivity index (χ0) is 13.5. The van der Waals surface area contributed by atoms with E-state index in [0.717, 1.165) is 18.6 Å². The Kier molecular flexibility index (Phi) is 6.58. The lowest BCUT2D eigenvalue weighted by atomic mass is 10.0. The molecule has 1 rings (SSSR count). The molecule has 0 aliphatic carbocycles. The Morgan fingerprint density at radius 1 is 1.28 bits per heavy atom. The minimum absolute atomic E-state index is 0.323. The third-order valence-electron chi connectivity index (χ3n) is 3.00. The Balaban J connectivity index is 2.32. The van der Waals surface area contributed by atoms with Gasteiger partial charge < -0.3 is 5.32 Å². The van der Waals surface area contributed by atoms with E-state index in [1.165, 1.54) is 11.1 Å². The van der Waals surface area contributed by atoms with Crippen LogP contribution in [-0.2, 0) is 17.2 Å². The molecule has 0 aliphatic rings. The molecular weight excluding hydrogens is 242 g/mol. The standard InChI is InChI=1S/C15H25NOS/c1-12-6-5-7-15(10-12)9-8-13(2)16-14(3)11-18(4)17/h5-7,10,13-14,16H,8-9,11H2,1-4H3. The van der Waals surface area contributed by atoms with Crippen molar-refractivity contribution in [2.24, 2.45) is 0 Å². The first-order chi connectivity index (χ1) is 8.47. The molecule has 0 saturated carbocycles. The minimum atomic E-state index is -0.718. The summed E-state index contributed by atoms with van der Waals surface area (Å²) in [5, 5.41) is 3.50. The first-order valence-electron chi connectivity index (χ1n) is 6.59. The quantitative estimate of drug-likeness (QED) is 0.823. The Morgan fingerprint density at radius 3 is 2.61 bits per heavy atom. The van der Waals surface area contributed by atoms with E-state index in [-0.39, 0.29) is 0 Å².